The van der Waals surface area contributed by atoms with Crippen molar-refractivity contribution in [3.8, 4) is 23.0 Å². The average molecular weight is 495 g/mol. The number of carbonyl (C=O) groups is 2. The number of carboxylic acids is 1. The molecule has 0 saturated heterocycles. The van der Waals surface area contributed by atoms with Crippen LogP contribution in [-0.4, -0.2) is 52.6 Å². The van der Waals surface area contributed by atoms with Crippen molar-refractivity contribution in [2.24, 2.45) is 0 Å². The third-order valence-electron chi connectivity index (χ3n) is 4.33. The number of methoxy groups -OCH3 is 5. The van der Waals surface area contributed by atoms with Crippen molar-refractivity contribution in [2.75, 3.05) is 35.5 Å². The van der Waals surface area contributed by atoms with Gasteiger partial charge in [-0.3, -0.25) is 0 Å². The van der Waals surface area contributed by atoms with E-state index in [4.69, 9.17) is 35.7 Å². The van der Waals surface area contributed by atoms with Gasteiger partial charge in [0.05, 0.1) is 40.6 Å². The molecule has 0 aliphatic heterocycles. The predicted molar refractivity (Wildman–Crippen MR) is 127 cm³/mol. The van der Waals surface area contributed by atoms with Gasteiger partial charge in [0.2, 0.25) is 0 Å². The summed E-state index contributed by atoms with van der Waals surface area (Å²) in [5.41, 5.74) is 0.745. The Morgan fingerprint density at radius 3 is 2.00 bits per heavy atom. The smallest absolute Gasteiger partial charge is 0.349 e. The van der Waals surface area contributed by atoms with Gasteiger partial charge in [-0.2, -0.15) is 0 Å². The standard InChI is InChI=1S/C12H11ClO4S.C11H12O4/c1-15-7-4-6-9(5-8(7)16-2)18-11(10(6)13)12(14)17-3;1-14-9-5-3-8(4-6-11(12)13)7-10(9)15-2/h4-5H,1-3H3;3-7H,1-2H3,(H,12,13). The molecule has 0 fully saturated rings. The Morgan fingerprint density at radius 1 is 0.879 bits per heavy atom. The van der Waals surface area contributed by atoms with Crippen LogP contribution in [0.3, 0.4) is 0 Å². The number of ether oxygens (including phenoxy) is 5. The summed E-state index contributed by atoms with van der Waals surface area (Å²) in [7, 11) is 7.50. The van der Waals surface area contributed by atoms with Crippen LogP contribution in [0.4, 0.5) is 0 Å². The number of hydrogen-bond acceptors (Lipinski definition) is 8. The number of hydrogen-bond donors (Lipinski definition) is 1. The molecule has 1 N–H and O–H groups in total. The van der Waals surface area contributed by atoms with E-state index in [-0.39, 0.29) is 0 Å². The normalized spacial score (nSPS) is 10.4. The first-order chi connectivity index (χ1) is 15.8. The summed E-state index contributed by atoms with van der Waals surface area (Å²) < 4.78 is 26.1. The van der Waals surface area contributed by atoms with Gasteiger partial charge >= 0.3 is 11.9 Å². The molecule has 2 aromatic carbocycles. The molecule has 176 valence electrons. The van der Waals surface area contributed by atoms with E-state index >= 15 is 0 Å². The Bertz CT molecular complexity index is 1170. The van der Waals surface area contributed by atoms with Gasteiger partial charge in [-0.05, 0) is 29.8 Å². The van der Waals surface area contributed by atoms with E-state index in [1.165, 1.54) is 31.6 Å². The lowest BCUT2D eigenvalue weighted by atomic mass is 10.2. The number of carbonyl (C=O) groups excluding carboxylic acids is 1. The average Bonchev–Trinajstić information content (AvgIpc) is 3.16. The fourth-order valence-corrected chi connectivity index (χ4v) is 4.17. The van der Waals surface area contributed by atoms with Crippen LogP contribution in [0.2, 0.25) is 5.02 Å². The second-order valence-corrected chi connectivity index (χ2v) is 7.66. The molecule has 3 aromatic rings. The molecule has 8 nitrogen and oxygen atoms in total. The first-order valence-electron chi connectivity index (χ1n) is 9.34. The van der Waals surface area contributed by atoms with Crippen molar-refractivity contribution in [3.63, 3.8) is 0 Å². The van der Waals surface area contributed by atoms with Crippen LogP contribution in [0.25, 0.3) is 16.2 Å². The first kappa shape index (κ1) is 25.8. The highest BCUT2D eigenvalue weighted by Crippen LogP contribution is 2.41. The zero-order valence-electron chi connectivity index (χ0n) is 18.6. The Morgan fingerprint density at radius 2 is 1.45 bits per heavy atom. The zero-order valence-corrected chi connectivity index (χ0v) is 20.2. The predicted octanol–water partition coefficient (Wildman–Crippen LogP) is 5.16. The van der Waals surface area contributed by atoms with E-state index in [1.807, 2.05) is 0 Å². The monoisotopic (exact) mass is 494 g/mol. The summed E-state index contributed by atoms with van der Waals surface area (Å²) >= 11 is 7.43. The van der Waals surface area contributed by atoms with Gasteiger partial charge in [-0.1, -0.05) is 17.7 Å². The maximum Gasteiger partial charge on any atom is 0.349 e. The highest BCUT2D eigenvalue weighted by atomic mass is 35.5. The van der Waals surface area contributed by atoms with Gasteiger partial charge < -0.3 is 28.8 Å². The van der Waals surface area contributed by atoms with Crippen LogP contribution in [0.1, 0.15) is 15.2 Å². The second-order valence-electron chi connectivity index (χ2n) is 6.23. The highest BCUT2D eigenvalue weighted by molar-refractivity contribution is 7.21. The minimum atomic E-state index is -0.982. The molecule has 0 bridgehead atoms. The van der Waals surface area contributed by atoms with E-state index in [2.05, 4.69) is 4.74 Å². The Kier molecular flexibility index (Phi) is 9.38. The summed E-state index contributed by atoms with van der Waals surface area (Å²) in [5, 5.41) is 9.59. The molecule has 1 heterocycles. The Hall–Kier alpha value is -3.43. The lowest BCUT2D eigenvalue weighted by molar-refractivity contribution is -0.131. The van der Waals surface area contributed by atoms with Gasteiger partial charge in [0.1, 0.15) is 4.88 Å². The highest BCUT2D eigenvalue weighted by Gasteiger charge is 2.19. The summed E-state index contributed by atoms with van der Waals surface area (Å²) in [6.07, 6.45) is 2.56. The molecule has 0 spiro atoms. The molecular formula is C23H23ClO8S. The molecule has 0 atom stereocenters. The SMILES string of the molecule is COC(=O)c1sc2cc(OC)c(OC)cc2c1Cl.COc1ccc(C=CC(=O)O)cc1OC. The maximum atomic E-state index is 11.6. The van der Waals surface area contributed by atoms with Crippen molar-refractivity contribution in [1.82, 2.24) is 0 Å². The van der Waals surface area contributed by atoms with Crippen LogP contribution in [-0.2, 0) is 9.53 Å². The van der Waals surface area contributed by atoms with Crippen molar-refractivity contribution in [2.45, 2.75) is 0 Å². The summed E-state index contributed by atoms with van der Waals surface area (Å²) in [6.45, 7) is 0. The number of esters is 1. The van der Waals surface area contributed by atoms with Crippen molar-refractivity contribution < 1.29 is 38.4 Å². The fraction of sp³-hybridized carbons (Fsp3) is 0.217. The van der Waals surface area contributed by atoms with E-state index in [9.17, 15) is 9.59 Å². The summed E-state index contributed by atoms with van der Waals surface area (Å²) in [4.78, 5) is 22.2. The fourth-order valence-electron chi connectivity index (χ4n) is 2.74. The summed E-state index contributed by atoms with van der Waals surface area (Å²) in [6, 6.07) is 8.72. The van der Waals surface area contributed by atoms with E-state index in [1.54, 1.807) is 51.7 Å². The van der Waals surface area contributed by atoms with E-state index in [0.29, 0.717) is 32.9 Å². The third kappa shape index (κ3) is 6.30. The molecule has 0 aliphatic carbocycles. The van der Waals surface area contributed by atoms with Crippen LogP contribution >= 0.6 is 22.9 Å². The van der Waals surface area contributed by atoms with Crippen molar-refractivity contribution in [1.29, 1.82) is 0 Å². The van der Waals surface area contributed by atoms with Crippen molar-refractivity contribution >= 4 is 51.0 Å². The van der Waals surface area contributed by atoms with E-state index in [0.717, 1.165) is 21.7 Å². The van der Waals surface area contributed by atoms with Gasteiger partial charge in [0.15, 0.2) is 23.0 Å². The van der Waals surface area contributed by atoms with E-state index < -0.39 is 11.9 Å². The maximum absolute atomic E-state index is 11.6. The number of halogens is 1. The molecule has 0 unspecified atom stereocenters. The van der Waals surface area contributed by atoms with Crippen LogP contribution in [0.15, 0.2) is 36.4 Å². The molecule has 0 aliphatic rings. The zero-order chi connectivity index (χ0) is 24.5. The van der Waals surface area contributed by atoms with Crippen molar-refractivity contribution in [3.05, 3.63) is 51.9 Å². The molecule has 0 amide bonds. The van der Waals surface area contributed by atoms with Gasteiger partial charge in [0, 0.05) is 22.2 Å². The second kappa shape index (κ2) is 12.0. The third-order valence-corrected chi connectivity index (χ3v) is 5.97. The number of fused-ring (bicyclic) bond motifs is 1. The van der Waals surface area contributed by atoms with Gasteiger partial charge in [-0.15, -0.1) is 11.3 Å². The Labute approximate surface area is 199 Å². The van der Waals surface area contributed by atoms with Crippen LogP contribution < -0.4 is 18.9 Å². The van der Waals surface area contributed by atoms with Crippen LogP contribution in [0.5, 0.6) is 23.0 Å². The summed E-state index contributed by atoms with van der Waals surface area (Å²) in [5.74, 6) is 0.930. The van der Waals surface area contributed by atoms with Crippen LogP contribution in [0, 0.1) is 0 Å². The number of thiophene rings is 1. The lowest BCUT2D eigenvalue weighted by Gasteiger charge is -2.07. The molecule has 1 aromatic heterocycles. The number of rotatable bonds is 7. The first-order valence-corrected chi connectivity index (χ1v) is 10.5. The Balaban J connectivity index is 0.000000238. The molecule has 0 radical (unpaired) electrons. The largest absolute Gasteiger partial charge is 0.493 e. The lowest BCUT2D eigenvalue weighted by Crippen LogP contribution is -1.97. The molecule has 0 saturated carbocycles. The minimum absolute atomic E-state index is 0.378. The minimum Gasteiger partial charge on any atom is -0.493 e. The quantitative estimate of drug-likeness (QED) is 0.355. The number of aliphatic carboxylic acids is 1. The number of benzene rings is 2. The van der Waals surface area contributed by atoms with Gasteiger partial charge in [-0.25, -0.2) is 9.59 Å². The number of carboxylic acid groups (broad SMARTS) is 1. The molecular weight excluding hydrogens is 472 g/mol. The molecule has 10 heteroatoms. The molecule has 3 rings (SSSR count). The van der Waals surface area contributed by atoms with Gasteiger partial charge in [0.25, 0.3) is 0 Å². The molecule has 33 heavy (non-hydrogen) atoms. The topological polar surface area (TPSA) is 101 Å².